The largest absolute Gasteiger partial charge is 0.377 e. The molecule has 0 amide bonds. The lowest BCUT2D eigenvalue weighted by atomic mass is 10.1. The van der Waals surface area contributed by atoms with Crippen molar-refractivity contribution < 1.29 is 13.0 Å². The maximum absolute atomic E-state index is 11.6. The number of rotatable bonds is 7. The molecule has 5 nitrogen and oxygen atoms in total. The van der Waals surface area contributed by atoms with Crippen LogP contribution in [0.4, 0.5) is 5.69 Å². The lowest BCUT2D eigenvalue weighted by molar-refractivity contribution is 0.459. The SMILES string of the molecule is CCCC(N(C)c1ccc(/C=C/C2=CCN(C)C=C2)cc1)S(=O)(=O)O. The molecule has 1 aliphatic rings. The Bertz CT molecular complexity index is 764. The summed E-state index contributed by atoms with van der Waals surface area (Å²) in [6.45, 7) is 2.79. The first-order valence-electron chi connectivity index (χ1n) is 8.37. The summed E-state index contributed by atoms with van der Waals surface area (Å²) >= 11 is 0. The predicted octanol–water partition coefficient (Wildman–Crippen LogP) is 3.54. The third kappa shape index (κ3) is 5.47. The van der Waals surface area contributed by atoms with Crippen LogP contribution in [0.5, 0.6) is 0 Å². The van der Waals surface area contributed by atoms with Crippen LogP contribution in [0.3, 0.4) is 0 Å². The van der Waals surface area contributed by atoms with E-state index in [1.54, 1.807) is 11.9 Å². The summed E-state index contributed by atoms with van der Waals surface area (Å²) in [7, 11) is -0.404. The van der Waals surface area contributed by atoms with Crippen LogP contribution in [0.2, 0.25) is 0 Å². The lowest BCUT2D eigenvalue weighted by Gasteiger charge is -2.27. The van der Waals surface area contributed by atoms with E-state index in [0.717, 1.165) is 23.4 Å². The highest BCUT2D eigenvalue weighted by molar-refractivity contribution is 7.86. The number of hydrogen-bond acceptors (Lipinski definition) is 4. The Morgan fingerprint density at radius 1 is 1.28 bits per heavy atom. The van der Waals surface area contributed by atoms with Gasteiger partial charge in [-0.1, -0.05) is 43.7 Å². The van der Waals surface area contributed by atoms with Crippen LogP contribution in [0.25, 0.3) is 6.08 Å². The molecule has 136 valence electrons. The molecule has 0 spiro atoms. The van der Waals surface area contributed by atoms with E-state index >= 15 is 0 Å². The molecule has 6 heteroatoms. The first kappa shape index (κ1) is 19.3. The van der Waals surface area contributed by atoms with E-state index in [2.05, 4.69) is 23.1 Å². The molecule has 1 N–H and O–H groups in total. The van der Waals surface area contributed by atoms with Crippen LogP contribution in [0.1, 0.15) is 25.3 Å². The van der Waals surface area contributed by atoms with Gasteiger partial charge in [-0.2, -0.15) is 8.42 Å². The van der Waals surface area contributed by atoms with Crippen molar-refractivity contribution in [3.05, 3.63) is 59.8 Å². The molecule has 0 aliphatic carbocycles. The molecule has 1 aromatic carbocycles. The number of anilines is 1. The van der Waals surface area contributed by atoms with Gasteiger partial charge in [0.1, 0.15) is 0 Å². The van der Waals surface area contributed by atoms with Gasteiger partial charge in [-0.25, -0.2) is 0 Å². The number of hydrogen-bond donors (Lipinski definition) is 1. The molecular weight excluding hydrogens is 336 g/mol. The Morgan fingerprint density at radius 3 is 2.48 bits per heavy atom. The average Bonchev–Trinajstić information content (AvgIpc) is 2.58. The van der Waals surface area contributed by atoms with Gasteiger partial charge < -0.3 is 9.80 Å². The van der Waals surface area contributed by atoms with Crippen molar-refractivity contribution in [2.75, 3.05) is 25.5 Å². The van der Waals surface area contributed by atoms with Gasteiger partial charge in [-0.05, 0) is 42.0 Å². The Hall–Kier alpha value is -2.05. The molecule has 0 bridgehead atoms. The number of nitrogens with zero attached hydrogens (tertiary/aromatic N) is 2. The van der Waals surface area contributed by atoms with E-state index < -0.39 is 15.5 Å². The zero-order valence-electron chi connectivity index (χ0n) is 15.0. The van der Waals surface area contributed by atoms with Gasteiger partial charge in [0.05, 0.1) is 0 Å². The third-order valence-electron chi connectivity index (χ3n) is 4.22. The molecular formula is C19H26N2O3S. The number of benzene rings is 1. The van der Waals surface area contributed by atoms with Crippen LogP contribution in [-0.2, 0) is 10.1 Å². The molecule has 1 aliphatic heterocycles. The first-order chi connectivity index (χ1) is 11.8. The topological polar surface area (TPSA) is 60.9 Å². The van der Waals surface area contributed by atoms with E-state index in [1.807, 2.05) is 50.5 Å². The third-order valence-corrected chi connectivity index (χ3v) is 5.46. The van der Waals surface area contributed by atoms with Crippen molar-refractivity contribution in [3.8, 4) is 0 Å². The minimum Gasteiger partial charge on any atom is -0.377 e. The fourth-order valence-corrected chi connectivity index (χ4v) is 3.74. The molecule has 25 heavy (non-hydrogen) atoms. The summed E-state index contributed by atoms with van der Waals surface area (Å²) in [5.74, 6) is 0. The molecule has 0 saturated carbocycles. The van der Waals surface area contributed by atoms with Gasteiger partial charge >= 0.3 is 0 Å². The van der Waals surface area contributed by atoms with Crippen LogP contribution in [0.15, 0.2) is 54.3 Å². The molecule has 1 aromatic rings. The fraction of sp³-hybridized carbons (Fsp3) is 0.368. The second kappa shape index (κ2) is 8.36. The van der Waals surface area contributed by atoms with Gasteiger partial charge in [0.15, 0.2) is 5.37 Å². The average molecular weight is 362 g/mol. The van der Waals surface area contributed by atoms with Crippen molar-refractivity contribution in [2.45, 2.75) is 25.1 Å². The van der Waals surface area contributed by atoms with E-state index in [9.17, 15) is 13.0 Å². The van der Waals surface area contributed by atoms with Crippen molar-refractivity contribution in [1.82, 2.24) is 4.90 Å². The molecule has 0 fully saturated rings. The van der Waals surface area contributed by atoms with E-state index in [4.69, 9.17) is 0 Å². The predicted molar refractivity (Wildman–Crippen MR) is 104 cm³/mol. The van der Waals surface area contributed by atoms with Gasteiger partial charge in [0, 0.05) is 26.3 Å². The summed E-state index contributed by atoms with van der Waals surface area (Å²) in [6.07, 6.45) is 11.4. The zero-order chi connectivity index (χ0) is 18.4. The summed E-state index contributed by atoms with van der Waals surface area (Å²) in [5, 5.41) is -0.923. The minimum atomic E-state index is -4.12. The zero-order valence-corrected chi connectivity index (χ0v) is 15.8. The fourth-order valence-electron chi connectivity index (χ4n) is 2.68. The van der Waals surface area contributed by atoms with Gasteiger partial charge in [-0.3, -0.25) is 4.55 Å². The van der Waals surface area contributed by atoms with Crippen LogP contribution in [-0.4, -0.2) is 43.9 Å². The quantitative estimate of drug-likeness (QED) is 0.752. The maximum atomic E-state index is 11.6. The standard InChI is InChI=1S/C19H26N2O3S/c1-4-5-19(25(22,23)24)21(3)18-10-8-16(9-11-18)6-7-17-12-14-20(2)15-13-17/h6-14,19H,4-5,15H2,1-3H3,(H,22,23,24)/b7-6+. The summed E-state index contributed by atoms with van der Waals surface area (Å²) in [4.78, 5) is 3.71. The second-order valence-corrected chi connectivity index (χ2v) is 7.83. The lowest BCUT2D eigenvalue weighted by Crippen LogP contribution is -2.38. The highest BCUT2D eigenvalue weighted by Crippen LogP contribution is 2.22. The van der Waals surface area contributed by atoms with Crippen molar-refractivity contribution in [2.24, 2.45) is 0 Å². The highest BCUT2D eigenvalue weighted by atomic mass is 32.2. The van der Waals surface area contributed by atoms with E-state index in [1.165, 1.54) is 0 Å². The molecule has 1 unspecified atom stereocenters. The monoisotopic (exact) mass is 362 g/mol. The Labute approximate surface area is 150 Å². The van der Waals surface area contributed by atoms with Crippen LogP contribution < -0.4 is 4.90 Å². The molecule has 0 saturated heterocycles. The second-order valence-electron chi connectivity index (χ2n) is 6.25. The highest BCUT2D eigenvalue weighted by Gasteiger charge is 2.26. The summed E-state index contributed by atoms with van der Waals surface area (Å²) in [5.41, 5.74) is 2.95. The first-order valence-corrected chi connectivity index (χ1v) is 9.87. The summed E-state index contributed by atoms with van der Waals surface area (Å²) < 4.78 is 32.6. The van der Waals surface area contributed by atoms with Gasteiger partial charge in [0.25, 0.3) is 10.1 Å². The summed E-state index contributed by atoms with van der Waals surface area (Å²) in [6, 6.07) is 7.61. The van der Waals surface area contributed by atoms with E-state index in [0.29, 0.717) is 12.8 Å². The van der Waals surface area contributed by atoms with Gasteiger partial charge in [0.2, 0.25) is 0 Å². The molecule has 0 radical (unpaired) electrons. The molecule has 2 rings (SSSR count). The van der Waals surface area contributed by atoms with Crippen molar-refractivity contribution >= 4 is 21.9 Å². The molecule has 1 heterocycles. The maximum Gasteiger partial charge on any atom is 0.286 e. The van der Waals surface area contributed by atoms with Gasteiger partial charge in [-0.15, -0.1) is 0 Å². The molecule has 1 atom stereocenters. The van der Waals surface area contributed by atoms with Crippen molar-refractivity contribution in [1.29, 1.82) is 0 Å². The Morgan fingerprint density at radius 2 is 1.96 bits per heavy atom. The Kier molecular flexibility index (Phi) is 6.45. The van der Waals surface area contributed by atoms with Crippen LogP contribution >= 0.6 is 0 Å². The normalized spacial score (nSPS) is 16.2. The Balaban J connectivity index is 2.10. The minimum absolute atomic E-state index is 0.381. The van der Waals surface area contributed by atoms with Crippen LogP contribution in [0, 0.1) is 0 Å². The smallest absolute Gasteiger partial charge is 0.286 e. The molecule has 0 aromatic heterocycles. The number of allylic oxidation sites excluding steroid dienone is 3. The van der Waals surface area contributed by atoms with Crippen molar-refractivity contribution in [3.63, 3.8) is 0 Å². The number of likely N-dealkylation sites (N-methyl/N-ethyl adjacent to an activating group) is 1. The van der Waals surface area contributed by atoms with E-state index in [-0.39, 0.29) is 0 Å².